The third-order valence-electron chi connectivity index (χ3n) is 5.35. The number of hydrogen-bond acceptors (Lipinski definition) is 12. The number of unbranched alkanes of at least 4 members (excludes halogenated alkanes) is 2. The summed E-state index contributed by atoms with van der Waals surface area (Å²) in [5.41, 5.74) is 12.5. The minimum Gasteiger partial charge on any atom is -0.481 e. The van der Waals surface area contributed by atoms with Gasteiger partial charge in [0, 0.05) is 31.6 Å². The molecule has 0 unspecified atom stereocenters. The third kappa shape index (κ3) is 33.1. The zero-order chi connectivity index (χ0) is 36.6. The maximum absolute atomic E-state index is 11.6. The van der Waals surface area contributed by atoms with E-state index >= 15 is 0 Å². The molecule has 0 aliphatic rings. The molecule has 20 heteroatoms. The van der Waals surface area contributed by atoms with Crippen LogP contribution >= 0.6 is 0 Å². The van der Waals surface area contributed by atoms with Crippen LogP contribution < -0.4 is 32.7 Å². The van der Waals surface area contributed by atoms with E-state index in [0.717, 1.165) is 24.8 Å². The SMILES string of the molecule is C.NCCCCCNC(=O)N[C@@H](CCC(=O)O)C(=O)O.Nc1ccc(CCNC(=O)N[C@@H](CCC(=O)O)C(=O)O)cc1.O=C=O.O=C=O. The number of nitrogens with two attached hydrogens (primary N) is 2. The molecular weight excluding hydrogens is 644 g/mol. The number of nitrogens with one attached hydrogen (secondary N) is 4. The molecule has 2 atom stereocenters. The van der Waals surface area contributed by atoms with E-state index in [1.165, 1.54) is 0 Å². The Bertz CT molecular complexity index is 1160. The Morgan fingerprint density at radius 3 is 1.42 bits per heavy atom. The molecule has 0 bridgehead atoms. The number of carboxylic acids is 4. The van der Waals surface area contributed by atoms with Crippen molar-refractivity contribution in [3.63, 3.8) is 0 Å². The van der Waals surface area contributed by atoms with Crippen LogP contribution in [0, 0.1) is 0 Å². The molecule has 1 aromatic rings. The number of rotatable bonds is 18. The van der Waals surface area contributed by atoms with E-state index in [0.29, 0.717) is 31.7 Å². The van der Waals surface area contributed by atoms with Crippen molar-refractivity contribution in [2.45, 2.75) is 70.9 Å². The highest BCUT2D eigenvalue weighted by Crippen LogP contribution is 2.05. The van der Waals surface area contributed by atoms with Gasteiger partial charge in [-0.15, -0.1) is 0 Å². The number of anilines is 1. The zero-order valence-corrected chi connectivity index (χ0v) is 25.3. The summed E-state index contributed by atoms with van der Waals surface area (Å²) in [6.45, 7) is 1.35. The molecule has 1 aromatic carbocycles. The third-order valence-corrected chi connectivity index (χ3v) is 5.35. The molecule has 0 radical (unpaired) electrons. The lowest BCUT2D eigenvalue weighted by Gasteiger charge is -2.14. The second kappa shape index (κ2) is 32.6. The predicted molar refractivity (Wildman–Crippen MR) is 164 cm³/mol. The lowest BCUT2D eigenvalue weighted by atomic mass is 10.1. The maximum atomic E-state index is 11.6. The van der Waals surface area contributed by atoms with Crippen molar-refractivity contribution in [3.05, 3.63) is 29.8 Å². The minimum atomic E-state index is -1.27. The van der Waals surface area contributed by atoms with E-state index < -0.39 is 48.0 Å². The molecular formula is C28H44N6O14. The van der Waals surface area contributed by atoms with Gasteiger partial charge in [0.15, 0.2) is 0 Å². The highest BCUT2D eigenvalue weighted by Gasteiger charge is 2.21. The van der Waals surface area contributed by atoms with Crippen LogP contribution in [0.5, 0.6) is 0 Å². The Morgan fingerprint density at radius 2 is 1.06 bits per heavy atom. The van der Waals surface area contributed by atoms with E-state index in [9.17, 15) is 28.8 Å². The van der Waals surface area contributed by atoms with Crippen molar-refractivity contribution >= 4 is 53.9 Å². The van der Waals surface area contributed by atoms with E-state index in [2.05, 4.69) is 21.3 Å². The van der Waals surface area contributed by atoms with Gasteiger partial charge in [0.2, 0.25) is 0 Å². The fraction of sp³-hybridized carbons (Fsp3) is 0.500. The average molecular weight is 689 g/mol. The highest BCUT2D eigenvalue weighted by atomic mass is 16.4. The van der Waals surface area contributed by atoms with E-state index in [4.69, 9.17) is 51.1 Å². The number of urea groups is 2. The number of aliphatic carboxylic acids is 4. The Labute approximate surface area is 275 Å². The van der Waals surface area contributed by atoms with Crippen LogP contribution in [0.1, 0.15) is 57.9 Å². The van der Waals surface area contributed by atoms with Crippen molar-refractivity contribution in [3.8, 4) is 0 Å². The molecule has 0 heterocycles. The molecule has 4 amide bonds. The number of nitrogen functional groups attached to an aromatic ring is 1. The van der Waals surface area contributed by atoms with Gasteiger partial charge in [-0.25, -0.2) is 19.2 Å². The fourth-order valence-corrected chi connectivity index (χ4v) is 3.12. The molecule has 270 valence electrons. The molecule has 0 aromatic heterocycles. The molecule has 0 saturated carbocycles. The highest BCUT2D eigenvalue weighted by molar-refractivity contribution is 5.83. The van der Waals surface area contributed by atoms with Crippen molar-refractivity contribution < 1.29 is 68.4 Å². The molecule has 0 fully saturated rings. The van der Waals surface area contributed by atoms with Gasteiger partial charge in [-0.3, -0.25) is 9.59 Å². The summed E-state index contributed by atoms with van der Waals surface area (Å²) < 4.78 is 0. The smallest absolute Gasteiger partial charge is 0.373 e. The van der Waals surface area contributed by atoms with Crippen LogP contribution in [-0.4, -0.2) is 100 Å². The second-order valence-electron chi connectivity index (χ2n) is 8.95. The first-order chi connectivity index (χ1) is 22.2. The van der Waals surface area contributed by atoms with E-state index in [1.807, 2.05) is 12.1 Å². The van der Waals surface area contributed by atoms with Crippen molar-refractivity contribution in [2.24, 2.45) is 5.73 Å². The van der Waals surface area contributed by atoms with Gasteiger partial charge < -0.3 is 53.2 Å². The van der Waals surface area contributed by atoms with Gasteiger partial charge in [-0.05, 0) is 56.3 Å². The van der Waals surface area contributed by atoms with Gasteiger partial charge in [0.25, 0.3) is 0 Å². The van der Waals surface area contributed by atoms with Crippen LogP contribution in [0.4, 0.5) is 15.3 Å². The predicted octanol–water partition coefficient (Wildman–Crippen LogP) is -0.370. The number of carboxylic acid groups (broad SMARTS) is 4. The lowest BCUT2D eigenvalue weighted by molar-refractivity contribution is -0.193. The summed E-state index contributed by atoms with van der Waals surface area (Å²) in [5, 5.41) is 44.2. The molecule has 48 heavy (non-hydrogen) atoms. The topological polar surface area (TPSA) is 352 Å². The number of carbonyl (C=O) groups is 6. The van der Waals surface area contributed by atoms with Crippen molar-refractivity contribution in [2.75, 3.05) is 25.4 Å². The second-order valence-corrected chi connectivity index (χ2v) is 8.95. The zero-order valence-electron chi connectivity index (χ0n) is 25.3. The summed E-state index contributed by atoms with van der Waals surface area (Å²) in [5.74, 6) is -4.73. The quantitative estimate of drug-likeness (QED) is 0.0694. The summed E-state index contributed by atoms with van der Waals surface area (Å²) in [4.78, 5) is 98.0. The normalized spacial score (nSPS) is 10.2. The molecule has 1 rings (SSSR count). The lowest BCUT2D eigenvalue weighted by Crippen LogP contribution is -2.46. The van der Waals surface area contributed by atoms with Gasteiger partial charge in [0.1, 0.15) is 12.1 Å². The Balaban J connectivity index is -0.000000342. The standard InChI is InChI=1S/C14H19N3O5.C11H21N3O5.2CO2.CH4/c15-10-3-1-9(2-4-10)7-8-16-14(22)17-11(13(20)21)5-6-12(18)19;12-6-2-1-3-7-13-11(19)14-8(10(17)18)4-5-9(15)16;2*2-1-3;/h1-4,11H,5-8,15H2,(H,18,19)(H,20,21)(H2,16,17,22);8H,1-7,12H2,(H,15,16)(H,17,18)(H2,13,14,19);;;1H4/t11-;8-;;;/m00.../s1. The van der Waals surface area contributed by atoms with Crippen LogP contribution in [0.2, 0.25) is 0 Å². The molecule has 0 saturated heterocycles. The number of hydrogen-bond donors (Lipinski definition) is 10. The number of benzene rings is 1. The number of carbonyl (C=O) groups excluding carboxylic acids is 6. The minimum absolute atomic E-state index is 0. The first-order valence-corrected chi connectivity index (χ1v) is 13.7. The average Bonchev–Trinajstić information content (AvgIpc) is 2.99. The molecule has 0 aliphatic heterocycles. The van der Waals surface area contributed by atoms with Gasteiger partial charge in [-0.1, -0.05) is 26.0 Å². The Hall–Kier alpha value is -5.84. The largest absolute Gasteiger partial charge is 0.481 e. The monoisotopic (exact) mass is 688 g/mol. The summed E-state index contributed by atoms with van der Waals surface area (Å²) in [6, 6.07) is 3.50. The van der Waals surface area contributed by atoms with Crippen LogP contribution in [0.25, 0.3) is 0 Å². The van der Waals surface area contributed by atoms with Crippen LogP contribution in [0.15, 0.2) is 24.3 Å². The van der Waals surface area contributed by atoms with Gasteiger partial charge >= 0.3 is 48.2 Å². The van der Waals surface area contributed by atoms with Crippen molar-refractivity contribution in [1.82, 2.24) is 21.3 Å². The first-order valence-electron chi connectivity index (χ1n) is 13.7. The van der Waals surface area contributed by atoms with E-state index in [-0.39, 0.29) is 45.4 Å². The first kappa shape index (κ1) is 49.0. The van der Waals surface area contributed by atoms with Gasteiger partial charge in [-0.2, -0.15) is 19.2 Å². The van der Waals surface area contributed by atoms with E-state index in [1.54, 1.807) is 12.1 Å². The van der Waals surface area contributed by atoms with Crippen LogP contribution in [0.3, 0.4) is 0 Å². The fourth-order valence-electron chi connectivity index (χ4n) is 3.12. The van der Waals surface area contributed by atoms with Crippen LogP contribution in [-0.2, 0) is 44.8 Å². The maximum Gasteiger partial charge on any atom is 0.373 e. The summed E-state index contributed by atoms with van der Waals surface area (Å²) in [7, 11) is 0. The Morgan fingerprint density at radius 1 is 0.667 bits per heavy atom. The Kier molecular flexibility index (Phi) is 33.3. The molecule has 0 spiro atoms. The summed E-state index contributed by atoms with van der Waals surface area (Å²) >= 11 is 0. The summed E-state index contributed by atoms with van der Waals surface area (Å²) in [6.07, 6.45) is 2.63. The molecule has 12 N–H and O–H groups in total. The molecule has 20 nitrogen and oxygen atoms in total. The number of amides is 4. The van der Waals surface area contributed by atoms with Gasteiger partial charge in [0.05, 0.1) is 0 Å². The molecule has 0 aliphatic carbocycles. The van der Waals surface area contributed by atoms with Crippen molar-refractivity contribution in [1.29, 1.82) is 0 Å².